The van der Waals surface area contributed by atoms with Crippen molar-refractivity contribution >= 4 is 5.78 Å². The molecule has 1 aliphatic heterocycles. The number of hydrogen-bond acceptors (Lipinski definition) is 3. The lowest BCUT2D eigenvalue weighted by Crippen LogP contribution is -2.58. The predicted molar refractivity (Wildman–Crippen MR) is 88.9 cm³/mol. The Hall–Kier alpha value is -0.410. The normalized spacial score (nSPS) is 55.7. The SMILES string of the molecule is CC(=O)[C@H]1CCC2C3CO[C@H]4C[C@H](O)CC[C@]4(C)C3CC[C@@]21C. The van der Waals surface area contributed by atoms with E-state index in [4.69, 9.17) is 4.74 Å². The van der Waals surface area contributed by atoms with E-state index in [2.05, 4.69) is 13.8 Å². The topological polar surface area (TPSA) is 46.5 Å². The first-order valence-electron chi connectivity index (χ1n) is 9.66. The summed E-state index contributed by atoms with van der Waals surface area (Å²) < 4.78 is 6.33. The van der Waals surface area contributed by atoms with Crippen LogP contribution in [0.15, 0.2) is 0 Å². The van der Waals surface area contributed by atoms with Crippen molar-refractivity contribution in [1.29, 1.82) is 0 Å². The Kier molecular flexibility index (Phi) is 3.70. The van der Waals surface area contributed by atoms with Gasteiger partial charge in [0.05, 0.1) is 18.8 Å². The van der Waals surface area contributed by atoms with Gasteiger partial charge in [0.25, 0.3) is 0 Å². The van der Waals surface area contributed by atoms with E-state index >= 15 is 0 Å². The summed E-state index contributed by atoms with van der Waals surface area (Å²) in [4.78, 5) is 12.1. The van der Waals surface area contributed by atoms with Crippen LogP contribution in [-0.4, -0.2) is 29.7 Å². The van der Waals surface area contributed by atoms with Gasteiger partial charge in [-0.25, -0.2) is 0 Å². The molecule has 3 unspecified atom stereocenters. The summed E-state index contributed by atoms with van der Waals surface area (Å²) in [6, 6.07) is 0. The molecule has 1 heterocycles. The van der Waals surface area contributed by atoms with Gasteiger partial charge >= 0.3 is 0 Å². The van der Waals surface area contributed by atoms with Gasteiger partial charge in [-0.2, -0.15) is 0 Å². The predicted octanol–water partition coefficient (Wildman–Crippen LogP) is 3.58. The lowest BCUT2D eigenvalue weighted by molar-refractivity contribution is -0.210. The molecule has 1 saturated heterocycles. The zero-order valence-corrected chi connectivity index (χ0v) is 14.9. The molecule has 8 atom stereocenters. The molecule has 0 amide bonds. The van der Waals surface area contributed by atoms with Crippen LogP contribution >= 0.6 is 0 Å². The molecule has 0 radical (unpaired) electrons. The van der Waals surface area contributed by atoms with Gasteiger partial charge in [0.2, 0.25) is 0 Å². The summed E-state index contributed by atoms with van der Waals surface area (Å²) in [7, 11) is 0. The first-order valence-corrected chi connectivity index (χ1v) is 9.66. The molecule has 1 N–H and O–H groups in total. The van der Waals surface area contributed by atoms with E-state index < -0.39 is 0 Å². The van der Waals surface area contributed by atoms with Crippen molar-refractivity contribution in [2.75, 3.05) is 6.61 Å². The highest BCUT2D eigenvalue weighted by atomic mass is 16.5. The van der Waals surface area contributed by atoms with E-state index in [0.29, 0.717) is 17.6 Å². The average molecular weight is 320 g/mol. The number of carbonyl (C=O) groups excluding carboxylic acids is 1. The van der Waals surface area contributed by atoms with E-state index in [-0.39, 0.29) is 29.0 Å². The monoisotopic (exact) mass is 320 g/mol. The second-order valence-electron chi connectivity index (χ2n) is 9.42. The third kappa shape index (κ3) is 2.18. The maximum absolute atomic E-state index is 12.1. The zero-order chi connectivity index (χ0) is 16.4. The summed E-state index contributed by atoms with van der Waals surface area (Å²) >= 11 is 0. The molecule has 3 nitrogen and oxygen atoms in total. The van der Waals surface area contributed by atoms with Crippen LogP contribution in [-0.2, 0) is 9.53 Å². The average Bonchev–Trinajstić information content (AvgIpc) is 2.85. The fourth-order valence-electron chi connectivity index (χ4n) is 7.19. The number of ether oxygens (including phenoxy) is 1. The summed E-state index contributed by atoms with van der Waals surface area (Å²) in [5.74, 6) is 2.66. The summed E-state index contributed by atoms with van der Waals surface area (Å²) in [6.45, 7) is 7.44. The molecule has 4 rings (SSSR count). The third-order valence-corrected chi connectivity index (χ3v) is 8.50. The van der Waals surface area contributed by atoms with Crippen molar-refractivity contribution in [2.45, 2.75) is 77.9 Å². The fraction of sp³-hybridized carbons (Fsp3) is 0.950. The second kappa shape index (κ2) is 5.29. The number of aliphatic hydroxyl groups excluding tert-OH is 1. The highest BCUT2D eigenvalue weighted by Crippen LogP contribution is 2.64. The summed E-state index contributed by atoms with van der Waals surface area (Å²) in [6.07, 6.45) is 7.64. The molecule has 0 spiro atoms. The van der Waals surface area contributed by atoms with Gasteiger partial charge in [-0.1, -0.05) is 13.8 Å². The highest BCUT2D eigenvalue weighted by Gasteiger charge is 2.61. The molecule has 0 aromatic heterocycles. The molecular formula is C20H32O3. The number of hydrogen-bond donors (Lipinski definition) is 1. The van der Waals surface area contributed by atoms with E-state index in [0.717, 1.165) is 38.2 Å². The van der Waals surface area contributed by atoms with E-state index in [1.807, 2.05) is 0 Å². The van der Waals surface area contributed by atoms with Crippen LogP contribution < -0.4 is 0 Å². The van der Waals surface area contributed by atoms with Gasteiger partial charge in [-0.15, -0.1) is 0 Å². The van der Waals surface area contributed by atoms with Crippen LogP contribution in [0.4, 0.5) is 0 Å². The van der Waals surface area contributed by atoms with Crippen molar-refractivity contribution in [3.63, 3.8) is 0 Å². The van der Waals surface area contributed by atoms with Crippen molar-refractivity contribution in [3.05, 3.63) is 0 Å². The summed E-state index contributed by atoms with van der Waals surface area (Å²) in [5, 5.41) is 10.0. The maximum Gasteiger partial charge on any atom is 0.133 e. The van der Waals surface area contributed by atoms with Crippen molar-refractivity contribution in [1.82, 2.24) is 0 Å². The molecule has 0 aromatic carbocycles. The molecular weight excluding hydrogens is 288 g/mol. The number of carbonyl (C=O) groups is 1. The number of rotatable bonds is 1. The Morgan fingerprint density at radius 3 is 2.48 bits per heavy atom. The minimum atomic E-state index is -0.174. The Balaban J connectivity index is 1.61. The van der Waals surface area contributed by atoms with Crippen molar-refractivity contribution < 1.29 is 14.6 Å². The molecule has 3 saturated carbocycles. The second-order valence-corrected chi connectivity index (χ2v) is 9.42. The van der Waals surface area contributed by atoms with E-state index in [1.54, 1.807) is 6.92 Å². The number of fused-ring (bicyclic) bond motifs is 5. The lowest BCUT2D eigenvalue weighted by Gasteiger charge is -2.60. The first kappa shape index (κ1) is 16.1. The van der Waals surface area contributed by atoms with Gasteiger partial charge in [0, 0.05) is 12.3 Å². The minimum Gasteiger partial charge on any atom is -0.393 e. The zero-order valence-electron chi connectivity index (χ0n) is 14.9. The van der Waals surface area contributed by atoms with Gasteiger partial charge in [-0.3, -0.25) is 4.79 Å². The molecule has 130 valence electrons. The van der Waals surface area contributed by atoms with Crippen LogP contribution in [0.25, 0.3) is 0 Å². The van der Waals surface area contributed by atoms with Gasteiger partial charge in [-0.05, 0) is 74.0 Å². The van der Waals surface area contributed by atoms with Crippen LogP contribution in [0.2, 0.25) is 0 Å². The largest absolute Gasteiger partial charge is 0.393 e. The van der Waals surface area contributed by atoms with Gasteiger partial charge in [0.1, 0.15) is 5.78 Å². The number of aliphatic hydroxyl groups is 1. The lowest BCUT2D eigenvalue weighted by atomic mass is 9.49. The Morgan fingerprint density at radius 2 is 1.74 bits per heavy atom. The molecule has 0 aromatic rings. The van der Waals surface area contributed by atoms with Crippen LogP contribution in [0, 0.1) is 34.5 Å². The third-order valence-electron chi connectivity index (χ3n) is 8.50. The minimum absolute atomic E-state index is 0.174. The highest BCUT2D eigenvalue weighted by molar-refractivity contribution is 5.79. The van der Waals surface area contributed by atoms with Crippen LogP contribution in [0.3, 0.4) is 0 Å². The molecule has 23 heavy (non-hydrogen) atoms. The van der Waals surface area contributed by atoms with Gasteiger partial charge in [0.15, 0.2) is 0 Å². The van der Waals surface area contributed by atoms with Crippen LogP contribution in [0.1, 0.15) is 65.7 Å². The number of ketones is 1. The quantitative estimate of drug-likeness (QED) is 0.803. The fourth-order valence-corrected chi connectivity index (χ4v) is 7.19. The Morgan fingerprint density at radius 1 is 1.04 bits per heavy atom. The molecule has 4 fully saturated rings. The van der Waals surface area contributed by atoms with Crippen molar-refractivity contribution in [3.8, 4) is 0 Å². The van der Waals surface area contributed by atoms with Gasteiger partial charge < -0.3 is 9.84 Å². The maximum atomic E-state index is 12.1. The number of Topliss-reactive ketones (excluding diaryl/α,β-unsaturated/α-hetero) is 1. The molecule has 4 aliphatic rings. The molecule has 0 bridgehead atoms. The van der Waals surface area contributed by atoms with E-state index in [9.17, 15) is 9.90 Å². The first-order chi connectivity index (χ1) is 10.9. The smallest absolute Gasteiger partial charge is 0.133 e. The van der Waals surface area contributed by atoms with Crippen LogP contribution in [0.5, 0.6) is 0 Å². The molecule has 3 heteroatoms. The van der Waals surface area contributed by atoms with Crippen molar-refractivity contribution in [2.24, 2.45) is 34.5 Å². The summed E-state index contributed by atoms with van der Waals surface area (Å²) in [5.41, 5.74) is 0.436. The molecule has 3 aliphatic carbocycles. The Bertz CT molecular complexity index is 503. The standard InChI is InChI=1S/C20H32O3/c1-12(21)15-4-5-16-14-11-23-18-10-13(22)6-8-20(18,3)17(14)7-9-19(15,16)2/h13-18,22H,4-11H2,1-3H3/t13-,14?,15-,16?,17?,18+,19-,20-/m1/s1. The Labute approximate surface area is 140 Å². The van der Waals surface area contributed by atoms with E-state index in [1.165, 1.54) is 19.3 Å².